The van der Waals surface area contributed by atoms with Crippen LogP contribution in [0.15, 0.2) is 36.7 Å². The molecule has 2 aliphatic heterocycles. The maximum Gasteiger partial charge on any atom is 0.251 e. The third kappa shape index (κ3) is 3.76. The molecule has 2 aromatic heterocycles. The van der Waals surface area contributed by atoms with Crippen LogP contribution in [0.5, 0.6) is 0 Å². The molecule has 2 aliphatic rings. The molecule has 3 atom stereocenters. The Morgan fingerprint density at radius 3 is 2.92 bits per heavy atom. The average molecular weight is 357 g/mol. The Balaban J connectivity index is 1.30. The van der Waals surface area contributed by atoms with E-state index in [-0.39, 0.29) is 5.91 Å². The van der Waals surface area contributed by atoms with Crippen molar-refractivity contribution < 1.29 is 9.53 Å². The lowest BCUT2D eigenvalue weighted by atomic mass is 9.93. The Morgan fingerprint density at radius 1 is 1.32 bits per heavy atom. The van der Waals surface area contributed by atoms with E-state index in [1.807, 2.05) is 11.3 Å². The molecule has 25 heavy (non-hydrogen) atoms. The lowest BCUT2D eigenvalue weighted by molar-refractivity contribution is 0.0904. The molecule has 0 aromatic carbocycles. The third-order valence-corrected chi connectivity index (χ3v) is 6.14. The summed E-state index contributed by atoms with van der Waals surface area (Å²) in [4.78, 5) is 21.4. The molecule has 0 radical (unpaired) electrons. The minimum absolute atomic E-state index is 0.0326. The van der Waals surface area contributed by atoms with Gasteiger partial charge in [0.1, 0.15) is 0 Å². The highest BCUT2D eigenvalue weighted by Crippen LogP contribution is 2.34. The van der Waals surface area contributed by atoms with Crippen molar-refractivity contribution in [3.63, 3.8) is 0 Å². The highest BCUT2D eigenvalue weighted by Gasteiger charge is 2.43. The predicted octanol–water partition coefficient (Wildman–Crippen LogP) is 2.33. The maximum absolute atomic E-state index is 12.2. The van der Waals surface area contributed by atoms with Crippen molar-refractivity contribution in [1.82, 2.24) is 15.2 Å². The highest BCUT2D eigenvalue weighted by atomic mass is 32.1. The van der Waals surface area contributed by atoms with E-state index in [1.54, 1.807) is 24.5 Å². The molecule has 4 rings (SSSR count). The van der Waals surface area contributed by atoms with Gasteiger partial charge in [-0.25, -0.2) is 0 Å². The zero-order valence-corrected chi connectivity index (χ0v) is 15.2. The van der Waals surface area contributed by atoms with Crippen molar-refractivity contribution in [3.8, 4) is 0 Å². The van der Waals surface area contributed by atoms with Crippen LogP contribution >= 0.6 is 11.3 Å². The summed E-state index contributed by atoms with van der Waals surface area (Å²) in [5.41, 5.74) is 0.659. The van der Waals surface area contributed by atoms with Crippen LogP contribution in [-0.4, -0.2) is 48.1 Å². The zero-order chi connectivity index (χ0) is 17.2. The van der Waals surface area contributed by atoms with Crippen molar-refractivity contribution in [3.05, 3.63) is 52.0 Å². The van der Waals surface area contributed by atoms with E-state index >= 15 is 0 Å². The van der Waals surface area contributed by atoms with Gasteiger partial charge >= 0.3 is 0 Å². The number of pyridine rings is 1. The van der Waals surface area contributed by atoms with Crippen LogP contribution in [0.2, 0.25) is 0 Å². The molecule has 0 spiro atoms. The van der Waals surface area contributed by atoms with Crippen LogP contribution in [0.25, 0.3) is 0 Å². The Bertz CT molecular complexity index is 733. The van der Waals surface area contributed by atoms with Gasteiger partial charge in [-0.15, -0.1) is 11.3 Å². The fraction of sp³-hybridized carbons (Fsp3) is 0.474. The van der Waals surface area contributed by atoms with Crippen LogP contribution < -0.4 is 5.32 Å². The van der Waals surface area contributed by atoms with Gasteiger partial charge in [-0.2, -0.15) is 0 Å². The number of aromatic nitrogens is 1. The molecular weight excluding hydrogens is 334 g/mol. The third-order valence-electron chi connectivity index (χ3n) is 5.16. The Morgan fingerprint density at radius 2 is 2.16 bits per heavy atom. The molecule has 0 bridgehead atoms. The Kier molecular flexibility index (Phi) is 4.83. The number of carbonyl (C=O) groups excluding carboxylic acids is 1. The number of carbonyl (C=O) groups is 1. The summed E-state index contributed by atoms with van der Waals surface area (Å²) >= 11 is 1.87. The quantitative estimate of drug-likeness (QED) is 0.892. The van der Waals surface area contributed by atoms with Crippen LogP contribution in [0.3, 0.4) is 0 Å². The second kappa shape index (κ2) is 7.23. The molecule has 2 aromatic rings. The van der Waals surface area contributed by atoms with E-state index < -0.39 is 0 Å². The Hall–Kier alpha value is -1.76. The number of aryl methyl sites for hydroxylation is 1. The summed E-state index contributed by atoms with van der Waals surface area (Å²) in [6.45, 7) is 6.63. The largest absolute Gasteiger partial charge is 0.376 e. The molecule has 0 aliphatic carbocycles. The lowest BCUT2D eigenvalue weighted by Crippen LogP contribution is -2.34. The smallest absolute Gasteiger partial charge is 0.251 e. The molecule has 5 nitrogen and oxygen atoms in total. The van der Waals surface area contributed by atoms with E-state index in [1.165, 1.54) is 9.75 Å². The number of nitrogens with zero attached hydrogens (tertiary/aromatic N) is 2. The van der Waals surface area contributed by atoms with E-state index in [0.29, 0.717) is 30.0 Å². The molecule has 2 saturated heterocycles. The van der Waals surface area contributed by atoms with Crippen LogP contribution in [0.1, 0.15) is 20.1 Å². The normalized spacial score (nSPS) is 25.9. The molecule has 2 fully saturated rings. The average Bonchev–Trinajstić information content (AvgIpc) is 3.30. The van der Waals surface area contributed by atoms with Crippen LogP contribution in [-0.2, 0) is 11.3 Å². The van der Waals surface area contributed by atoms with Crippen molar-refractivity contribution >= 4 is 17.2 Å². The van der Waals surface area contributed by atoms with E-state index in [9.17, 15) is 4.79 Å². The molecule has 4 heterocycles. The number of likely N-dealkylation sites (tertiary alicyclic amines) is 1. The van der Waals surface area contributed by atoms with Gasteiger partial charge in [0.25, 0.3) is 5.91 Å². The van der Waals surface area contributed by atoms with Crippen molar-refractivity contribution in [1.29, 1.82) is 0 Å². The molecule has 0 saturated carbocycles. The number of fused-ring (bicyclic) bond motifs is 1. The monoisotopic (exact) mass is 357 g/mol. The minimum atomic E-state index is -0.0326. The predicted molar refractivity (Wildman–Crippen MR) is 97.6 cm³/mol. The van der Waals surface area contributed by atoms with Gasteiger partial charge in [0.15, 0.2) is 0 Å². The van der Waals surface area contributed by atoms with Gasteiger partial charge in [-0.3, -0.25) is 14.7 Å². The van der Waals surface area contributed by atoms with E-state index in [0.717, 1.165) is 26.2 Å². The molecule has 1 amide bonds. The summed E-state index contributed by atoms with van der Waals surface area (Å²) < 4.78 is 6.00. The first kappa shape index (κ1) is 16.7. The fourth-order valence-electron chi connectivity index (χ4n) is 3.84. The number of hydrogen-bond donors (Lipinski definition) is 1. The van der Waals surface area contributed by atoms with E-state index in [2.05, 4.69) is 34.3 Å². The molecule has 1 N–H and O–H groups in total. The number of amides is 1. The zero-order valence-electron chi connectivity index (χ0n) is 14.4. The summed E-state index contributed by atoms with van der Waals surface area (Å²) in [6.07, 6.45) is 3.60. The SMILES string of the molecule is Cc1ccc(CN2C[C@H]3[C@H](CNC(=O)c4ccncc4)CO[C@H]3C2)s1. The summed E-state index contributed by atoms with van der Waals surface area (Å²) in [6, 6.07) is 7.89. The van der Waals surface area contributed by atoms with Crippen molar-refractivity contribution in [2.75, 3.05) is 26.2 Å². The van der Waals surface area contributed by atoms with Crippen molar-refractivity contribution in [2.24, 2.45) is 11.8 Å². The number of rotatable bonds is 5. The van der Waals surface area contributed by atoms with Gasteiger partial charge in [0.2, 0.25) is 0 Å². The number of thiophene rings is 1. The summed E-state index contributed by atoms with van der Waals surface area (Å²) in [5, 5.41) is 3.06. The topological polar surface area (TPSA) is 54.5 Å². The van der Waals surface area contributed by atoms with Crippen molar-refractivity contribution in [2.45, 2.75) is 19.6 Å². The molecule has 6 heteroatoms. The van der Waals surface area contributed by atoms with E-state index in [4.69, 9.17) is 4.74 Å². The van der Waals surface area contributed by atoms with Gasteiger partial charge in [-0.05, 0) is 31.2 Å². The first-order valence-corrected chi connectivity index (χ1v) is 9.58. The van der Waals surface area contributed by atoms with Crippen LogP contribution in [0, 0.1) is 18.8 Å². The summed E-state index contributed by atoms with van der Waals surface area (Å²) in [5.74, 6) is 0.874. The minimum Gasteiger partial charge on any atom is -0.376 e. The molecule has 132 valence electrons. The number of nitrogens with one attached hydrogen (secondary N) is 1. The number of ether oxygens (including phenoxy) is 1. The summed E-state index contributed by atoms with van der Waals surface area (Å²) in [7, 11) is 0. The standard InChI is InChI=1S/C19H23N3O2S/c1-13-2-3-16(25-13)9-22-10-17-15(12-24-18(17)11-22)8-21-19(23)14-4-6-20-7-5-14/h2-7,15,17-18H,8-12H2,1H3,(H,21,23)/t15-,17+,18+/m1/s1. The first-order valence-electron chi connectivity index (χ1n) is 8.76. The lowest BCUT2D eigenvalue weighted by Gasteiger charge is -2.19. The Labute approximate surface area is 152 Å². The highest BCUT2D eigenvalue weighted by molar-refractivity contribution is 7.11. The van der Waals surface area contributed by atoms with Gasteiger partial charge < -0.3 is 10.1 Å². The second-order valence-electron chi connectivity index (χ2n) is 6.95. The van der Waals surface area contributed by atoms with Gasteiger partial charge in [0.05, 0.1) is 12.7 Å². The van der Waals surface area contributed by atoms with Gasteiger partial charge in [0, 0.05) is 65.7 Å². The van der Waals surface area contributed by atoms with Gasteiger partial charge in [-0.1, -0.05) is 0 Å². The second-order valence-corrected chi connectivity index (χ2v) is 8.32. The first-order chi connectivity index (χ1) is 12.2. The molecule has 0 unspecified atom stereocenters. The maximum atomic E-state index is 12.2. The molecular formula is C19H23N3O2S. The van der Waals surface area contributed by atoms with Crippen LogP contribution in [0.4, 0.5) is 0 Å². The number of hydrogen-bond acceptors (Lipinski definition) is 5. The fourth-order valence-corrected chi connectivity index (χ4v) is 4.77.